The zero-order chi connectivity index (χ0) is 10.7. The van der Waals surface area contributed by atoms with Crippen molar-refractivity contribution in [3.8, 4) is 0 Å². The third-order valence-corrected chi connectivity index (χ3v) is 3.52. The minimum absolute atomic E-state index is 0.513. The lowest BCUT2D eigenvalue weighted by molar-refractivity contribution is 0.419. The molecule has 1 aromatic rings. The molecule has 1 aliphatic carbocycles. The molecule has 0 atom stereocenters. The van der Waals surface area contributed by atoms with Crippen LogP contribution in [0.15, 0.2) is 4.52 Å². The molecule has 1 aromatic heterocycles. The molecular weight excluding hydrogens is 188 g/mol. The van der Waals surface area contributed by atoms with Crippen molar-refractivity contribution in [2.75, 3.05) is 5.73 Å². The van der Waals surface area contributed by atoms with Gasteiger partial charge < -0.3 is 10.3 Å². The van der Waals surface area contributed by atoms with Crippen LogP contribution in [0.2, 0.25) is 0 Å². The lowest BCUT2D eigenvalue weighted by Crippen LogP contribution is -1.99. The van der Waals surface area contributed by atoms with E-state index in [1.807, 2.05) is 0 Å². The van der Waals surface area contributed by atoms with Crippen LogP contribution in [-0.4, -0.2) is 5.16 Å². The first-order valence-corrected chi connectivity index (χ1v) is 6.04. The molecule has 3 nitrogen and oxygen atoms in total. The number of hydrogen-bond donors (Lipinski definition) is 1. The maximum Gasteiger partial charge on any atom is 0.225 e. The highest BCUT2D eigenvalue weighted by Crippen LogP contribution is 2.29. The molecule has 1 heterocycles. The number of nitrogen functional groups attached to an aromatic ring is 1. The minimum Gasteiger partial charge on any atom is -0.367 e. The van der Waals surface area contributed by atoms with Crippen LogP contribution in [0.3, 0.4) is 0 Å². The van der Waals surface area contributed by atoms with E-state index in [1.54, 1.807) is 0 Å². The average molecular weight is 208 g/mol. The van der Waals surface area contributed by atoms with Crippen molar-refractivity contribution < 1.29 is 4.52 Å². The second kappa shape index (κ2) is 4.69. The Kier molecular flexibility index (Phi) is 3.29. The number of aromatic nitrogens is 1. The van der Waals surface area contributed by atoms with Crippen LogP contribution in [0.4, 0.5) is 5.88 Å². The molecule has 3 heteroatoms. The Labute approximate surface area is 91.0 Å². The fourth-order valence-electron chi connectivity index (χ4n) is 2.57. The predicted molar refractivity (Wildman–Crippen MR) is 60.6 cm³/mol. The largest absolute Gasteiger partial charge is 0.367 e. The normalized spacial score (nSPS) is 17.4. The van der Waals surface area contributed by atoms with Crippen LogP contribution in [0.5, 0.6) is 0 Å². The predicted octanol–water partition coefficient (Wildman–Crippen LogP) is 2.94. The zero-order valence-electron chi connectivity index (χ0n) is 9.46. The molecule has 0 unspecified atom stereocenters. The van der Waals surface area contributed by atoms with Gasteiger partial charge in [0.25, 0.3) is 0 Å². The van der Waals surface area contributed by atoms with Gasteiger partial charge in [0.2, 0.25) is 5.88 Å². The molecule has 84 valence electrons. The van der Waals surface area contributed by atoms with Gasteiger partial charge in [-0.1, -0.05) is 37.8 Å². The summed E-state index contributed by atoms with van der Waals surface area (Å²) in [5.74, 6) is 1.42. The van der Waals surface area contributed by atoms with Gasteiger partial charge in [0.15, 0.2) is 0 Å². The lowest BCUT2D eigenvalue weighted by Gasteiger charge is -2.06. The second-order valence-corrected chi connectivity index (χ2v) is 4.51. The zero-order valence-corrected chi connectivity index (χ0v) is 9.46. The maximum absolute atomic E-state index is 5.71. The summed E-state index contributed by atoms with van der Waals surface area (Å²) in [7, 11) is 0. The Hall–Kier alpha value is -0.990. The Balaban J connectivity index is 1.92. The van der Waals surface area contributed by atoms with E-state index in [-0.39, 0.29) is 0 Å². The van der Waals surface area contributed by atoms with Gasteiger partial charge in [-0.15, -0.1) is 0 Å². The summed E-state index contributed by atoms with van der Waals surface area (Å²) in [5.41, 5.74) is 7.91. The van der Waals surface area contributed by atoms with Gasteiger partial charge in [0.1, 0.15) is 0 Å². The van der Waals surface area contributed by atoms with E-state index in [9.17, 15) is 0 Å². The van der Waals surface area contributed by atoms with Crippen molar-refractivity contribution in [2.45, 2.75) is 51.9 Å². The highest BCUT2D eigenvalue weighted by molar-refractivity contribution is 5.38. The quantitative estimate of drug-likeness (QED) is 0.827. The van der Waals surface area contributed by atoms with E-state index in [2.05, 4.69) is 12.1 Å². The van der Waals surface area contributed by atoms with Crippen LogP contribution in [0, 0.1) is 5.92 Å². The van der Waals surface area contributed by atoms with Crippen LogP contribution >= 0.6 is 0 Å². The van der Waals surface area contributed by atoms with Crippen LogP contribution in [0.1, 0.15) is 50.3 Å². The fourth-order valence-corrected chi connectivity index (χ4v) is 2.57. The second-order valence-electron chi connectivity index (χ2n) is 4.51. The van der Waals surface area contributed by atoms with E-state index in [0.717, 1.165) is 30.0 Å². The Morgan fingerprint density at radius 3 is 2.80 bits per heavy atom. The molecular formula is C12H20N2O. The van der Waals surface area contributed by atoms with E-state index in [1.165, 1.54) is 32.1 Å². The van der Waals surface area contributed by atoms with Crippen molar-refractivity contribution in [3.05, 3.63) is 11.3 Å². The van der Waals surface area contributed by atoms with Gasteiger partial charge >= 0.3 is 0 Å². The van der Waals surface area contributed by atoms with Gasteiger partial charge in [-0.2, -0.15) is 0 Å². The summed E-state index contributed by atoms with van der Waals surface area (Å²) in [6.45, 7) is 2.10. The summed E-state index contributed by atoms with van der Waals surface area (Å²) < 4.78 is 5.03. The number of rotatable bonds is 4. The van der Waals surface area contributed by atoms with Gasteiger partial charge in [-0.05, 0) is 25.2 Å². The summed E-state index contributed by atoms with van der Waals surface area (Å²) in [4.78, 5) is 0. The number of nitrogens with two attached hydrogens (primary N) is 1. The number of hydrogen-bond acceptors (Lipinski definition) is 3. The Morgan fingerprint density at radius 2 is 2.13 bits per heavy atom. The molecule has 0 radical (unpaired) electrons. The summed E-state index contributed by atoms with van der Waals surface area (Å²) in [6.07, 6.45) is 8.82. The van der Waals surface area contributed by atoms with Crippen LogP contribution < -0.4 is 5.73 Å². The smallest absolute Gasteiger partial charge is 0.225 e. The van der Waals surface area contributed by atoms with Crippen molar-refractivity contribution in [1.82, 2.24) is 5.16 Å². The number of anilines is 1. The Bertz CT molecular complexity index is 313. The van der Waals surface area contributed by atoms with Gasteiger partial charge in [0.05, 0.1) is 5.69 Å². The topological polar surface area (TPSA) is 52.0 Å². The highest BCUT2D eigenvalue weighted by Gasteiger charge is 2.17. The van der Waals surface area contributed by atoms with Gasteiger partial charge in [-0.25, -0.2) is 0 Å². The first-order valence-electron chi connectivity index (χ1n) is 6.04. The first-order chi connectivity index (χ1) is 7.31. The molecule has 2 N–H and O–H groups in total. The fraction of sp³-hybridized carbons (Fsp3) is 0.750. The monoisotopic (exact) mass is 208 g/mol. The number of aryl methyl sites for hydroxylation is 1. The van der Waals surface area contributed by atoms with Crippen molar-refractivity contribution in [2.24, 2.45) is 5.92 Å². The maximum atomic E-state index is 5.71. The molecule has 0 amide bonds. The van der Waals surface area contributed by atoms with E-state index < -0.39 is 0 Å². The summed E-state index contributed by atoms with van der Waals surface area (Å²) in [6, 6.07) is 0. The Morgan fingerprint density at radius 1 is 1.40 bits per heavy atom. The van der Waals surface area contributed by atoms with Crippen molar-refractivity contribution in [3.63, 3.8) is 0 Å². The standard InChI is InChI=1S/C12H20N2O/c1-2-10-11(14-15-12(10)13)8-7-9-5-3-4-6-9/h9H,2-8,13H2,1H3. The molecule has 0 bridgehead atoms. The average Bonchev–Trinajstić information content (AvgIpc) is 2.84. The lowest BCUT2D eigenvalue weighted by atomic mass is 9.99. The van der Waals surface area contributed by atoms with E-state index in [4.69, 9.17) is 10.3 Å². The third-order valence-electron chi connectivity index (χ3n) is 3.52. The molecule has 0 spiro atoms. The van der Waals surface area contributed by atoms with Crippen molar-refractivity contribution >= 4 is 5.88 Å². The third kappa shape index (κ3) is 2.33. The molecule has 1 aliphatic rings. The highest BCUT2D eigenvalue weighted by atomic mass is 16.5. The van der Waals surface area contributed by atoms with Crippen LogP contribution in [-0.2, 0) is 12.8 Å². The van der Waals surface area contributed by atoms with Gasteiger partial charge in [-0.3, -0.25) is 0 Å². The summed E-state index contributed by atoms with van der Waals surface area (Å²) in [5, 5.41) is 4.05. The molecule has 0 saturated heterocycles. The molecule has 15 heavy (non-hydrogen) atoms. The number of nitrogens with zero attached hydrogens (tertiary/aromatic N) is 1. The minimum atomic E-state index is 0.513. The van der Waals surface area contributed by atoms with E-state index in [0.29, 0.717) is 5.88 Å². The van der Waals surface area contributed by atoms with E-state index >= 15 is 0 Å². The molecule has 2 rings (SSSR count). The van der Waals surface area contributed by atoms with Crippen molar-refractivity contribution in [1.29, 1.82) is 0 Å². The molecule has 1 saturated carbocycles. The summed E-state index contributed by atoms with van der Waals surface area (Å²) >= 11 is 0. The van der Waals surface area contributed by atoms with Gasteiger partial charge in [0, 0.05) is 5.56 Å². The molecule has 1 fully saturated rings. The van der Waals surface area contributed by atoms with Crippen LogP contribution in [0.25, 0.3) is 0 Å². The SMILES string of the molecule is CCc1c(CCC2CCCC2)noc1N. The molecule has 0 aromatic carbocycles. The first kappa shape index (κ1) is 10.5. The molecule has 0 aliphatic heterocycles.